The van der Waals surface area contributed by atoms with Crippen LogP contribution in [-0.4, -0.2) is 40.6 Å². The second-order valence-corrected chi connectivity index (χ2v) is 6.49. The Kier molecular flexibility index (Phi) is 6.17. The number of carbonyl (C=O) groups is 1. The van der Waals surface area contributed by atoms with Gasteiger partial charge in [-0.05, 0) is 24.8 Å². The molecule has 2 aromatic rings. The minimum Gasteiger partial charge on any atom is -0.377 e. The second kappa shape index (κ2) is 8.76. The highest BCUT2D eigenvalue weighted by molar-refractivity contribution is 5.76. The van der Waals surface area contributed by atoms with Crippen LogP contribution in [0.2, 0.25) is 0 Å². The standard InChI is InChI=1S/C19H25N3O3/c1-15-20-19(21-25-15)17-9-5-11-22(13-17)18(23)10-6-12-24-14-16-7-3-2-4-8-16/h2-4,7-8,17H,5-6,9-14H2,1H3. The largest absolute Gasteiger partial charge is 0.377 e. The average Bonchev–Trinajstić information content (AvgIpc) is 3.09. The van der Waals surface area contributed by atoms with Crippen molar-refractivity contribution in [3.63, 3.8) is 0 Å². The summed E-state index contributed by atoms with van der Waals surface area (Å²) in [6.45, 7) is 4.48. The molecule has 0 saturated carbocycles. The van der Waals surface area contributed by atoms with Crippen LogP contribution in [0.1, 0.15) is 48.9 Å². The zero-order chi connectivity index (χ0) is 17.5. The lowest BCUT2D eigenvalue weighted by Gasteiger charge is -2.31. The highest BCUT2D eigenvalue weighted by Gasteiger charge is 2.27. The molecule has 1 aromatic heterocycles. The minimum atomic E-state index is 0.185. The van der Waals surface area contributed by atoms with Crippen LogP contribution in [0.15, 0.2) is 34.9 Å². The summed E-state index contributed by atoms with van der Waals surface area (Å²) in [4.78, 5) is 18.7. The van der Waals surface area contributed by atoms with E-state index in [0.29, 0.717) is 32.1 Å². The molecule has 1 aliphatic heterocycles. The zero-order valence-electron chi connectivity index (χ0n) is 14.7. The fourth-order valence-corrected chi connectivity index (χ4v) is 3.14. The molecule has 1 amide bonds. The van der Waals surface area contributed by atoms with Crippen LogP contribution in [-0.2, 0) is 16.1 Å². The van der Waals surface area contributed by atoms with Gasteiger partial charge in [-0.1, -0.05) is 35.5 Å². The number of aromatic nitrogens is 2. The predicted molar refractivity (Wildman–Crippen MR) is 92.9 cm³/mol. The maximum absolute atomic E-state index is 12.4. The molecule has 0 bridgehead atoms. The van der Waals surface area contributed by atoms with E-state index in [1.807, 2.05) is 35.2 Å². The fourth-order valence-electron chi connectivity index (χ4n) is 3.14. The molecule has 0 radical (unpaired) electrons. The van der Waals surface area contributed by atoms with Crippen LogP contribution in [0.3, 0.4) is 0 Å². The van der Waals surface area contributed by atoms with Gasteiger partial charge in [0.15, 0.2) is 5.82 Å². The van der Waals surface area contributed by atoms with E-state index in [4.69, 9.17) is 9.26 Å². The van der Waals surface area contributed by atoms with Crippen molar-refractivity contribution in [3.8, 4) is 0 Å². The molecule has 6 nitrogen and oxygen atoms in total. The highest BCUT2D eigenvalue weighted by Crippen LogP contribution is 2.25. The van der Waals surface area contributed by atoms with E-state index < -0.39 is 0 Å². The van der Waals surface area contributed by atoms with Crippen LogP contribution in [0.4, 0.5) is 0 Å². The Bertz CT molecular complexity index is 672. The molecule has 1 saturated heterocycles. The first-order valence-corrected chi connectivity index (χ1v) is 8.92. The molecular weight excluding hydrogens is 318 g/mol. The molecule has 134 valence electrons. The van der Waals surface area contributed by atoms with Crippen molar-refractivity contribution >= 4 is 5.91 Å². The number of carbonyl (C=O) groups excluding carboxylic acids is 1. The summed E-state index contributed by atoms with van der Waals surface area (Å²) >= 11 is 0. The van der Waals surface area contributed by atoms with Crippen molar-refractivity contribution in [3.05, 3.63) is 47.6 Å². The molecule has 6 heteroatoms. The van der Waals surface area contributed by atoms with E-state index in [1.54, 1.807) is 6.92 Å². The summed E-state index contributed by atoms with van der Waals surface area (Å²) in [5.74, 6) is 1.67. The van der Waals surface area contributed by atoms with E-state index in [2.05, 4.69) is 10.1 Å². The van der Waals surface area contributed by atoms with Crippen LogP contribution in [0.5, 0.6) is 0 Å². The number of rotatable bonds is 7. The van der Waals surface area contributed by atoms with Gasteiger partial charge in [-0.2, -0.15) is 4.98 Å². The molecule has 0 aliphatic carbocycles. The van der Waals surface area contributed by atoms with Gasteiger partial charge >= 0.3 is 0 Å². The third-order valence-electron chi connectivity index (χ3n) is 4.47. The van der Waals surface area contributed by atoms with Crippen LogP contribution < -0.4 is 0 Å². The molecule has 1 atom stereocenters. The Morgan fingerprint density at radius 2 is 2.20 bits per heavy atom. The number of hydrogen-bond acceptors (Lipinski definition) is 5. The second-order valence-electron chi connectivity index (χ2n) is 6.49. The maximum Gasteiger partial charge on any atom is 0.223 e. The van der Waals surface area contributed by atoms with Gasteiger partial charge in [0, 0.05) is 39.0 Å². The first kappa shape index (κ1) is 17.6. The maximum atomic E-state index is 12.4. The third-order valence-corrected chi connectivity index (χ3v) is 4.47. The molecule has 0 N–H and O–H groups in total. The van der Waals surface area contributed by atoms with Crippen LogP contribution >= 0.6 is 0 Å². The number of aryl methyl sites for hydroxylation is 1. The first-order valence-electron chi connectivity index (χ1n) is 8.92. The number of nitrogens with zero attached hydrogens (tertiary/aromatic N) is 3. The Hall–Kier alpha value is -2.21. The SMILES string of the molecule is Cc1nc(C2CCCN(C(=O)CCCOCc3ccccc3)C2)no1. The van der Waals surface area contributed by atoms with E-state index in [0.717, 1.165) is 37.2 Å². The summed E-state index contributed by atoms with van der Waals surface area (Å²) in [5, 5.41) is 4.00. The highest BCUT2D eigenvalue weighted by atomic mass is 16.5. The predicted octanol–water partition coefficient (Wildman–Crippen LogP) is 3.08. The van der Waals surface area contributed by atoms with E-state index in [-0.39, 0.29) is 11.8 Å². The summed E-state index contributed by atoms with van der Waals surface area (Å²) in [5.41, 5.74) is 1.16. The number of likely N-dealkylation sites (tertiary alicyclic amines) is 1. The third kappa shape index (κ3) is 5.13. The monoisotopic (exact) mass is 343 g/mol. The van der Waals surface area contributed by atoms with E-state index in [1.165, 1.54) is 0 Å². The van der Waals surface area contributed by atoms with Crippen molar-refractivity contribution in [2.75, 3.05) is 19.7 Å². The molecule has 1 aliphatic rings. The lowest BCUT2D eigenvalue weighted by molar-refractivity contribution is -0.132. The van der Waals surface area contributed by atoms with Crippen molar-refractivity contribution < 1.29 is 14.1 Å². The zero-order valence-corrected chi connectivity index (χ0v) is 14.7. The fraction of sp³-hybridized carbons (Fsp3) is 0.526. The quantitative estimate of drug-likeness (QED) is 0.723. The molecule has 25 heavy (non-hydrogen) atoms. The Morgan fingerprint density at radius 3 is 2.96 bits per heavy atom. The van der Waals surface area contributed by atoms with Crippen molar-refractivity contribution in [1.82, 2.24) is 15.0 Å². The number of hydrogen-bond donors (Lipinski definition) is 0. The van der Waals surface area contributed by atoms with Gasteiger partial charge in [0.25, 0.3) is 0 Å². The molecule has 0 spiro atoms. The first-order chi connectivity index (χ1) is 12.2. The van der Waals surface area contributed by atoms with Crippen molar-refractivity contribution in [2.45, 2.75) is 45.1 Å². The van der Waals surface area contributed by atoms with Crippen LogP contribution in [0, 0.1) is 6.92 Å². The van der Waals surface area contributed by atoms with Gasteiger partial charge in [-0.25, -0.2) is 0 Å². The van der Waals surface area contributed by atoms with Gasteiger partial charge < -0.3 is 14.2 Å². The topological polar surface area (TPSA) is 68.5 Å². The molecule has 2 heterocycles. The molecule has 3 rings (SSSR count). The van der Waals surface area contributed by atoms with Gasteiger partial charge in [0.1, 0.15) is 0 Å². The lowest BCUT2D eigenvalue weighted by Crippen LogP contribution is -2.39. The molecule has 1 fully saturated rings. The Labute approximate surface area is 148 Å². The summed E-state index contributed by atoms with van der Waals surface area (Å²) in [7, 11) is 0. The molecular formula is C19H25N3O3. The lowest BCUT2D eigenvalue weighted by atomic mass is 9.97. The number of benzene rings is 1. The normalized spacial score (nSPS) is 17.6. The van der Waals surface area contributed by atoms with Crippen molar-refractivity contribution in [2.24, 2.45) is 0 Å². The van der Waals surface area contributed by atoms with Gasteiger partial charge in [-0.3, -0.25) is 4.79 Å². The Morgan fingerprint density at radius 1 is 1.36 bits per heavy atom. The smallest absolute Gasteiger partial charge is 0.223 e. The summed E-state index contributed by atoms with van der Waals surface area (Å²) in [6.07, 6.45) is 3.25. The number of ether oxygens (including phenoxy) is 1. The molecule has 1 aromatic carbocycles. The number of piperidine rings is 1. The van der Waals surface area contributed by atoms with Gasteiger partial charge in [0.05, 0.1) is 6.61 Å². The average molecular weight is 343 g/mol. The molecule has 1 unspecified atom stereocenters. The van der Waals surface area contributed by atoms with Gasteiger partial charge in [0.2, 0.25) is 11.8 Å². The van der Waals surface area contributed by atoms with E-state index in [9.17, 15) is 4.79 Å². The number of amides is 1. The van der Waals surface area contributed by atoms with Crippen LogP contribution in [0.25, 0.3) is 0 Å². The Balaban J connectivity index is 1.37. The van der Waals surface area contributed by atoms with E-state index >= 15 is 0 Å². The van der Waals surface area contributed by atoms with Gasteiger partial charge in [-0.15, -0.1) is 0 Å². The minimum absolute atomic E-state index is 0.185. The summed E-state index contributed by atoms with van der Waals surface area (Å²) < 4.78 is 10.7. The van der Waals surface area contributed by atoms with Crippen molar-refractivity contribution in [1.29, 1.82) is 0 Å². The summed E-state index contributed by atoms with van der Waals surface area (Å²) in [6, 6.07) is 10.1.